The molecule has 0 aliphatic heterocycles. The average molecular weight is 271 g/mol. The van der Waals surface area contributed by atoms with Gasteiger partial charge in [0.2, 0.25) is 0 Å². The number of benzene rings is 1. The Morgan fingerprint density at radius 2 is 1.95 bits per heavy atom. The van der Waals surface area contributed by atoms with E-state index in [1.165, 1.54) is 13.0 Å². The van der Waals surface area contributed by atoms with Crippen LogP contribution in [0, 0.1) is 24.5 Å². The topological polar surface area (TPSA) is 49.3 Å². The van der Waals surface area contributed by atoms with Gasteiger partial charge in [-0.3, -0.25) is 4.79 Å². The van der Waals surface area contributed by atoms with E-state index in [1.54, 1.807) is 0 Å². The van der Waals surface area contributed by atoms with Crippen molar-refractivity contribution in [2.24, 2.45) is 5.92 Å². The number of carbonyl (C=O) groups excluding carboxylic acids is 1. The van der Waals surface area contributed by atoms with Gasteiger partial charge in [-0.25, -0.2) is 8.78 Å². The van der Waals surface area contributed by atoms with E-state index in [4.69, 9.17) is 0 Å². The highest BCUT2D eigenvalue weighted by molar-refractivity contribution is 5.94. The molecule has 0 radical (unpaired) electrons. The van der Waals surface area contributed by atoms with Crippen molar-refractivity contribution < 1.29 is 18.7 Å². The van der Waals surface area contributed by atoms with Gasteiger partial charge in [0.25, 0.3) is 5.91 Å². The van der Waals surface area contributed by atoms with E-state index in [0.29, 0.717) is 12.5 Å². The molecular weight excluding hydrogens is 252 g/mol. The summed E-state index contributed by atoms with van der Waals surface area (Å²) in [7, 11) is 0. The number of aliphatic hydroxyl groups excluding tert-OH is 1. The monoisotopic (exact) mass is 271 g/mol. The largest absolute Gasteiger partial charge is 0.394 e. The molecular formula is C14H19F2NO2. The highest BCUT2D eigenvalue weighted by Gasteiger charge is 2.18. The van der Waals surface area contributed by atoms with Crippen LogP contribution in [0.1, 0.15) is 36.2 Å². The number of amides is 1. The molecule has 1 atom stereocenters. The number of aryl methyl sites for hydroxylation is 1. The maximum absolute atomic E-state index is 13.5. The fourth-order valence-electron chi connectivity index (χ4n) is 1.84. The molecule has 19 heavy (non-hydrogen) atoms. The van der Waals surface area contributed by atoms with Gasteiger partial charge in [0.1, 0.15) is 11.6 Å². The highest BCUT2D eigenvalue weighted by atomic mass is 19.1. The van der Waals surface area contributed by atoms with Crippen LogP contribution in [0.2, 0.25) is 0 Å². The van der Waals surface area contributed by atoms with Crippen molar-refractivity contribution in [2.75, 3.05) is 6.61 Å². The van der Waals surface area contributed by atoms with Gasteiger partial charge in [0, 0.05) is 6.07 Å². The number of rotatable bonds is 5. The first-order valence-corrected chi connectivity index (χ1v) is 6.22. The van der Waals surface area contributed by atoms with E-state index in [0.717, 1.165) is 0 Å². The lowest BCUT2D eigenvalue weighted by Gasteiger charge is -2.18. The summed E-state index contributed by atoms with van der Waals surface area (Å²) >= 11 is 0. The van der Waals surface area contributed by atoms with Crippen LogP contribution < -0.4 is 5.32 Å². The quantitative estimate of drug-likeness (QED) is 0.864. The van der Waals surface area contributed by atoms with Gasteiger partial charge in [-0.05, 0) is 30.9 Å². The van der Waals surface area contributed by atoms with Crippen LogP contribution in [-0.2, 0) is 0 Å². The third-order valence-electron chi connectivity index (χ3n) is 2.80. The van der Waals surface area contributed by atoms with Crippen molar-refractivity contribution in [1.82, 2.24) is 5.32 Å². The second-order valence-corrected chi connectivity index (χ2v) is 5.06. The van der Waals surface area contributed by atoms with Crippen molar-refractivity contribution in [3.63, 3.8) is 0 Å². The first kappa shape index (κ1) is 15.6. The van der Waals surface area contributed by atoms with Crippen LogP contribution >= 0.6 is 0 Å². The summed E-state index contributed by atoms with van der Waals surface area (Å²) in [6.07, 6.45) is 0.587. The molecule has 1 aromatic carbocycles. The summed E-state index contributed by atoms with van der Waals surface area (Å²) in [5, 5.41) is 11.7. The molecule has 0 bridgehead atoms. The standard InChI is InChI=1S/C14H19F2NO2/c1-8(2)4-10(7-18)17-14(19)11-5-9(3)12(15)6-13(11)16/h5-6,8,10,18H,4,7H2,1-3H3,(H,17,19). The summed E-state index contributed by atoms with van der Waals surface area (Å²) < 4.78 is 26.6. The van der Waals surface area contributed by atoms with Crippen LogP contribution in [-0.4, -0.2) is 23.7 Å². The minimum Gasteiger partial charge on any atom is -0.394 e. The Bertz CT molecular complexity index is 461. The maximum atomic E-state index is 13.5. The zero-order valence-corrected chi connectivity index (χ0v) is 11.3. The third-order valence-corrected chi connectivity index (χ3v) is 2.80. The fourth-order valence-corrected chi connectivity index (χ4v) is 1.84. The lowest BCUT2D eigenvalue weighted by Crippen LogP contribution is -2.38. The van der Waals surface area contributed by atoms with Gasteiger partial charge in [0.15, 0.2) is 0 Å². The zero-order chi connectivity index (χ0) is 14.6. The molecule has 0 spiro atoms. The molecule has 0 saturated carbocycles. The maximum Gasteiger partial charge on any atom is 0.254 e. The summed E-state index contributed by atoms with van der Waals surface area (Å²) in [6.45, 7) is 5.16. The summed E-state index contributed by atoms with van der Waals surface area (Å²) in [5.41, 5.74) is -0.00272. The zero-order valence-electron chi connectivity index (χ0n) is 11.3. The molecule has 0 saturated heterocycles. The highest BCUT2D eigenvalue weighted by Crippen LogP contribution is 2.15. The van der Waals surface area contributed by atoms with E-state index in [9.17, 15) is 18.7 Å². The van der Waals surface area contributed by atoms with E-state index in [-0.39, 0.29) is 23.7 Å². The molecule has 1 rings (SSSR count). The lowest BCUT2D eigenvalue weighted by atomic mass is 10.0. The number of carbonyl (C=O) groups is 1. The van der Waals surface area contributed by atoms with Crippen molar-refractivity contribution in [2.45, 2.75) is 33.2 Å². The third kappa shape index (κ3) is 4.28. The minimum atomic E-state index is -0.901. The van der Waals surface area contributed by atoms with Crippen molar-refractivity contribution in [1.29, 1.82) is 0 Å². The lowest BCUT2D eigenvalue weighted by molar-refractivity contribution is 0.0904. The molecule has 0 aliphatic carbocycles. The Morgan fingerprint density at radius 3 is 2.47 bits per heavy atom. The van der Waals surface area contributed by atoms with Crippen molar-refractivity contribution in [3.8, 4) is 0 Å². The molecule has 1 aromatic rings. The fraction of sp³-hybridized carbons (Fsp3) is 0.500. The number of halogens is 2. The first-order valence-electron chi connectivity index (χ1n) is 6.22. The Kier molecular flexibility index (Phi) is 5.42. The minimum absolute atomic E-state index is 0.205. The van der Waals surface area contributed by atoms with Gasteiger partial charge in [0.05, 0.1) is 18.2 Å². The van der Waals surface area contributed by atoms with E-state index in [2.05, 4.69) is 5.32 Å². The molecule has 0 heterocycles. The van der Waals surface area contributed by atoms with Crippen LogP contribution in [0.4, 0.5) is 8.78 Å². The Hall–Kier alpha value is -1.49. The summed E-state index contributed by atoms with van der Waals surface area (Å²) in [4.78, 5) is 11.9. The van der Waals surface area contributed by atoms with Gasteiger partial charge in [-0.15, -0.1) is 0 Å². The molecule has 0 aliphatic rings. The van der Waals surface area contributed by atoms with E-state index in [1.807, 2.05) is 13.8 Å². The first-order chi connectivity index (χ1) is 8.85. The predicted molar refractivity (Wildman–Crippen MR) is 68.9 cm³/mol. The van der Waals surface area contributed by atoms with Gasteiger partial charge < -0.3 is 10.4 Å². The molecule has 3 nitrogen and oxygen atoms in total. The predicted octanol–water partition coefficient (Wildman–Crippen LogP) is 2.41. The van der Waals surface area contributed by atoms with Crippen molar-refractivity contribution >= 4 is 5.91 Å². The van der Waals surface area contributed by atoms with Crippen LogP contribution in [0.25, 0.3) is 0 Å². The van der Waals surface area contributed by atoms with E-state index < -0.39 is 23.6 Å². The SMILES string of the molecule is Cc1cc(C(=O)NC(CO)CC(C)C)c(F)cc1F. The molecule has 1 amide bonds. The van der Waals surface area contributed by atoms with Crippen LogP contribution in [0.5, 0.6) is 0 Å². The molecule has 1 unspecified atom stereocenters. The summed E-state index contributed by atoms with van der Waals surface area (Å²) in [5.74, 6) is -1.94. The van der Waals surface area contributed by atoms with Crippen LogP contribution in [0.3, 0.4) is 0 Å². The number of nitrogens with one attached hydrogen (secondary N) is 1. The van der Waals surface area contributed by atoms with E-state index >= 15 is 0 Å². The number of hydrogen-bond acceptors (Lipinski definition) is 2. The molecule has 2 N–H and O–H groups in total. The number of aliphatic hydroxyl groups is 1. The Morgan fingerprint density at radius 1 is 1.32 bits per heavy atom. The smallest absolute Gasteiger partial charge is 0.254 e. The second-order valence-electron chi connectivity index (χ2n) is 5.06. The summed E-state index contributed by atoms with van der Waals surface area (Å²) in [6, 6.07) is 1.43. The van der Waals surface area contributed by atoms with Crippen LogP contribution in [0.15, 0.2) is 12.1 Å². The van der Waals surface area contributed by atoms with Gasteiger partial charge >= 0.3 is 0 Å². The molecule has 0 aromatic heterocycles. The van der Waals surface area contributed by atoms with Gasteiger partial charge in [-0.2, -0.15) is 0 Å². The Labute approximate surface area is 111 Å². The number of hydrogen-bond donors (Lipinski definition) is 2. The molecule has 5 heteroatoms. The average Bonchev–Trinajstić information content (AvgIpc) is 2.32. The molecule has 0 fully saturated rings. The van der Waals surface area contributed by atoms with Gasteiger partial charge in [-0.1, -0.05) is 13.8 Å². The Balaban J connectivity index is 2.85. The van der Waals surface area contributed by atoms with Crippen molar-refractivity contribution in [3.05, 3.63) is 34.9 Å². The second kappa shape index (κ2) is 6.61. The molecule has 106 valence electrons. The normalized spacial score (nSPS) is 12.6.